The fourth-order valence-corrected chi connectivity index (χ4v) is 2.92. The maximum absolute atomic E-state index is 11.8. The van der Waals surface area contributed by atoms with Gasteiger partial charge in [0.15, 0.2) is 0 Å². The van der Waals surface area contributed by atoms with Gasteiger partial charge in [-0.3, -0.25) is 4.90 Å². The molecule has 1 aromatic heterocycles. The van der Waals surface area contributed by atoms with E-state index in [1.54, 1.807) is 6.07 Å². The van der Waals surface area contributed by atoms with Crippen molar-refractivity contribution < 1.29 is 4.42 Å². The van der Waals surface area contributed by atoms with Crippen LogP contribution in [0.2, 0.25) is 0 Å². The van der Waals surface area contributed by atoms with Crippen LogP contribution in [0, 0.1) is 13.8 Å². The number of nitrogens with one attached hydrogen (secondary N) is 1. The van der Waals surface area contributed by atoms with E-state index in [4.69, 9.17) is 4.42 Å². The van der Waals surface area contributed by atoms with Crippen LogP contribution in [0.1, 0.15) is 16.7 Å². The molecule has 2 heterocycles. The number of piperazine rings is 1. The van der Waals surface area contributed by atoms with Crippen LogP contribution in [0.25, 0.3) is 11.0 Å². The average molecular weight is 272 g/mol. The molecule has 1 N–H and O–H groups in total. The Morgan fingerprint density at radius 2 is 1.95 bits per heavy atom. The molecule has 20 heavy (non-hydrogen) atoms. The summed E-state index contributed by atoms with van der Waals surface area (Å²) in [6.07, 6.45) is 0. The minimum atomic E-state index is -0.255. The summed E-state index contributed by atoms with van der Waals surface area (Å²) < 4.78 is 5.39. The van der Waals surface area contributed by atoms with Gasteiger partial charge < -0.3 is 9.73 Å². The maximum Gasteiger partial charge on any atom is 0.336 e. The molecule has 4 nitrogen and oxygen atoms in total. The third-order valence-electron chi connectivity index (χ3n) is 3.86. The zero-order chi connectivity index (χ0) is 14.1. The second kappa shape index (κ2) is 5.38. The van der Waals surface area contributed by atoms with Crippen LogP contribution in [0.3, 0.4) is 0 Å². The van der Waals surface area contributed by atoms with Crippen LogP contribution in [0.4, 0.5) is 0 Å². The number of fused-ring (bicyclic) bond motifs is 1. The summed E-state index contributed by atoms with van der Waals surface area (Å²) >= 11 is 0. The molecule has 1 aromatic carbocycles. The molecule has 0 amide bonds. The maximum atomic E-state index is 11.8. The zero-order valence-corrected chi connectivity index (χ0v) is 12.0. The van der Waals surface area contributed by atoms with Crippen LogP contribution in [0.15, 0.2) is 27.4 Å². The number of hydrogen-bond acceptors (Lipinski definition) is 4. The van der Waals surface area contributed by atoms with Crippen molar-refractivity contribution in [1.29, 1.82) is 0 Å². The summed E-state index contributed by atoms with van der Waals surface area (Å²) in [5, 5.41) is 4.42. The van der Waals surface area contributed by atoms with Gasteiger partial charge in [-0.15, -0.1) is 0 Å². The van der Waals surface area contributed by atoms with Gasteiger partial charge >= 0.3 is 5.63 Å². The molecule has 0 radical (unpaired) electrons. The van der Waals surface area contributed by atoms with E-state index in [9.17, 15) is 4.79 Å². The Morgan fingerprint density at radius 1 is 1.20 bits per heavy atom. The topological polar surface area (TPSA) is 45.5 Å². The lowest BCUT2D eigenvalue weighted by Gasteiger charge is -2.27. The van der Waals surface area contributed by atoms with Crippen LogP contribution in [-0.4, -0.2) is 31.1 Å². The molecule has 1 fully saturated rings. The van der Waals surface area contributed by atoms with Crippen molar-refractivity contribution in [3.63, 3.8) is 0 Å². The van der Waals surface area contributed by atoms with Gasteiger partial charge in [0, 0.05) is 44.2 Å². The van der Waals surface area contributed by atoms with Crippen LogP contribution >= 0.6 is 0 Å². The molecule has 0 atom stereocenters. The summed E-state index contributed by atoms with van der Waals surface area (Å²) in [7, 11) is 0. The van der Waals surface area contributed by atoms with Gasteiger partial charge in [0.25, 0.3) is 0 Å². The van der Waals surface area contributed by atoms with Crippen molar-refractivity contribution in [2.24, 2.45) is 0 Å². The van der Waals surface area contributed by atoms with Gasteiger partial charge in [0.1, 0.15) is 5.58 Å². The highest BCUT2D eigenvalue weighted by atomic mass is 16.4. The molecule has 0 aliphatic carbocycles. The molecule has 3 rings (SSSR count). The molecule has 1 aliphatic rings. The monoisotopic (exact) mass is 272 g/mol. The fraction of sp³-hybridized carbons (Fsp3) is 0.438. The standard InChI is InChI=1S/C16H20N2O2/c1-11-7-12(2)16-14(8-11)13(9-15(19)20-16)10-18-5-3-17-4-6-18/h7-9,17H,3-6,10H2,1-2H3. The van der Waals surface area contributed by atoms with Crippen molar-refractivity contribution in [3.8, 4) is 0 Å². The van der Waals surface area contributed by atoms with E-state index in [2.05, 4.69) is 29.3 Å². The van der Waals surface area contributed by atoms with Crippen molar-refractivity contribution >= 4 is 11.0 Å². The van der Waals surface area contributed by atoms with Gasteiger partial charge in [-0.05, 0) is 36.6 Å². The molecule has 0 spiro atoms. The predicted molar refractivity (Wildman–Crippen MR) is 80.1 cm³/mol. The first-order chi connectivity index (χ1) is 9.63. The van der Waals surface area contributed by atoms with Gasteiger partial charge in [0.2, 0.25) is 0 Å². The number of rotatable bonds is 2. The van der Waals surface area contributed by atoms with Crippen molar-refractivity contribution in [2.45, 2.75) is 20.4 Å². The Balaban J connectivity index is 2.06. The summed E-state index contributed by atoms with van der Waals surface area (Å²) in [5.74, 6) is 0. The summed E-state index contributed by atoms with van der Waals surface area (Å²) in [4.78, 5) is 14.2. The van der Waals surface area contributed by atoms with Gasteiger partial charge in [-0.25, -0.2) is 4.79 Å². The van der Waals surface area contributed by atoms with Crippen LogP contribution in [0.5, 0.6) is 0 Å². The Kier molecular flexibility index (Phi) is 3.59. The second-order valence-corrected chi connectivity index (χ2v) is 5.58. The highest BCUT2D eigenvalue weighted by Gasteiger charge is 2.14. The highest BCUT2D eigenvalue weighted by molar-refractivity contribution is 5.83. The molecule has 1 saturated heterocycles. The van der Waals surface area contributed by atoms with Crippen LogP contribution in [-0.2, 0) is 6.54 Å². The van der Waals surface area contributed by atoms with E-state index in [1.165, 1.54) is 5.56 Å². The molecule has 0 unspecified atom stereocenters. The Bertz CT molecular complexity index is 685. The molecule has 106 valence electrons. The Morgan fingerprint density at radius 3 is 2.70 bits per heavy atom. The fourth-order valence-electron chi connectivity index (χ4n) is 2.92. The lowest BCUT2D eigenvalue weighted by Crippen LogP contribution is -2.43. The van der Waals surface area contributed by atoms with E-state index < -0.39 is 0 Å². The third-order valence-corrected chi connectivity index (χ3v) is 3.86. The van der Waals surface area contributed by atoms with Gasteiger partial charge in [0.05, 0.1) is 0 Å². The van der Waals surface area contributed by atoms with E-state index >= 15 is 0 Å². The van der Waals surface area contributed by atoms with E-state index in [1.807, 2.05) is 6.92 Å². The normalized spacial score (nSPS) is 16.7. The quantitative estimate of drug-likeness (QED) is 0.847. The highest BCUT2D eigenvalue weighted by Crippen LogP contribution is 2.23. The first-order valence-corrected chi connectivity index (χ1v) is 7.10. The Hall–Kier alpha value is -1.65. The minimum Gasteiger partial charge on any atom is -0.422 e. The van der Waals surface area contributed by atoms with Crippen LogP contribution < -0.4 is 10.9 Å². The molecule has 0 saturated carbocycles. The van der Waals surface area contributed by atoms with Crippen molar-refractivity contribution in [2.75, 3.05) is 26.2 Å². The summed E-state index contributed by atoms with van der Waals surface area (Å²) in [6.45, 7) is 8.94. The number of nitrogens with zero attached hydrogens (tertiary/aromatic N) is 1. The lowest BCUT2D eigenvalue weighted by molar-refractivity contribution is 0.233. The summed E-state index contributed by atoms with van der Waals surface area (Å²) in [5.41, 5.74) is 3.78. The lowest BCUT2D eigenvalue weighted by atomic mass is 10.0. The number of aryl methyl sites for hydroxylation is 2. The smallest absolute Gasteiger partial charge is 0.336 e. The zero-order valence-electron chi connectivity index (χ0n) is 12.0. The molecule has 0 bridgehead atoms. The first-order valence-electron chi connectivity index (χ1n) is 7.10. The van der Waals surface area contributed by atoms with Crippen molar-refractivity contribution in [1.82, 2.24) is 10.2 Å². The van der Waals surface area contributed by atoms with E-state index in [0.29, 0.717) is 0 Å². The molecular formula is C16H20N2O2. The van der Waals surface area contributed by atoms with E-state index in [-0.39, 0.29) is 5.63 Å². The minimum absolute atomic E-state index is 0.255. The predicted octanol–water partition coefficient (Wildman–Crippen LogP) is 1.82. The first kappa shape index (κ1) is 13.3. The number of hydrogen-bond donors (Lipinski definition) is 1. The van der Waals surface area contributed by atoms with Gasteiger partial charge in [-0.2, -0.15) is 0 Å². The van der Waals surface area contributed by atoms with Crippen molar-refractivity contribution in [3.05, 3.63) is 45.3 Å². The third kappa shape index (κ3) is 2.62. The molecule has 4 heteroatoms. The summed E-state index contributed by atoms with van der Waals surface area (Å²) in [6, 6.07) is 5.81. The van der Waals surface area contributed by atoms with Gasteiger partial charge in [-0.1, -0.05) is 6.07 Å². The average Bonchev–Trinajstić information content (AvgIpc) is 2.41. The number of benzene rings is 1. The second-order valence-electron chi connectivity index (χ2n) is 5.58. The molecular weight excluding hydrogens is 252 g/mol. The van der Waals surface area contributed by atoms with E-state index in [0.717, 1.165) is 54.8 Å². The largest absolute Gasteiger partial charge is 0.422 e. The SMILES string of the molecule is Cc1cc(C)c2oc(=O)cc(CN3CCNCC3)c2c1. The molecule has 2 aromatic rings. The Labute approximate surface area is 118 Å². The molecule has 1 aliphatic heterocycles.